The summed E-state index contributed by atoms with van der Waals surface area (Å²) in [5.74, 6) is -0.0860. The maximum atomic E-state index is 12.2. The van der Waals surface area contributed by atoms with Gasteiger partial charge in [-0.3, -0.25) is 4.72 Å². The average molecular weight is 385 g/mol. The van der Waals surface area contributed by atoms with Gasteiger partial charge in [0.2, 0.25) is 10.0 Å². The van der Waals surface area contributed by atoms with E-state index in [9.17, 15) is 8.42 Å². The highest BCUT2D eigenvalue weighted by atomic mass is 79.9. The van der Waals surface area contributed by atoms with Crippen molar-refractivity contribution < 1.29 is 8.42 Å². The standard InChI is InChI=1S/C14H13BrN2O2S2/c15-12-8-11(14(16)20)6-7-13(12)17-21(18,19)9-10-4-2-1-3-5-10/h1-8,17H,9H2,(H2,16,20). The first-order valence-corrected chi connectivity index (χ1v) is 8.86. The SMILES string of the molecule is NC(=S)c1ccc(NS(=O)(=O)Cc2ccccc2)c(Br)c1. The lowest BCUT2D eigenvalue weighted by molar-refractivity contribution is 0.600. The van der Waals surface area contributed by atoms with Gasteiger partial charge < -0.3 is 5.73 Å². The molecule has 0 unspecified atom stereocenters. The number of nitrogens with one attached hydrogen (secondary N) is 1. The highest BCUT2D eigenvalue weighted by molar-refractivity contribution is 9.10. The lowest BCUT2D eigenvalue weighted by Gasteiger charge is -2.11. The molecule has 0 aliphatic heterocycles. The largest absolute Gasteiger partial charge is 0.389 e. The van der Waals surface area contributed by atoms with E-state index in [1.165, 1.54) is 0 Å². The normalized spacial score (nSPS) is 11.1. The summed E-state index contributed by atoms with van der Waals surface area (Å²) in [7, 11) is -3.49. The molecule has 0 saturated carbocycles. The van der Waals surface area contributed by atoms with Crippen LogP contribution in [0.3, 0.4) is 0 Å². The van der Waals surface area contributed by atoms with Crippen molar-refractivity contribution in [1.29, 1.82) is 0 Å². The number of thiocarbonyl (C=S) groups is 1. The number of hydrogen-bond donors (Lipinski definition) is 2. The molecule has 0 bridgehead atoms. The number of nitrogens with two attached hydrogens (primary N) is 1. The van der Waals surface area contributed by atoms with E-state index in [1.54, 1.807) is 42.5 Å². The van der Waals surface area contributed by atoms with Crippen LogP contribution in [0.5, 0.6) is 0 Å². The van der Waals surface area contributed by atoms with E-state index >= 15 is 0 Å². The number of rotatable bonds is 5. The highest BCUT2D eigenvalue weighted by Crippen LogP contribution is 2.25. The first-order valence-electron chi connectivity index (χ1n) is 6.01. The molecule has 0 heterocycles. The predicted molar refractivity (Wildman–Crippen MR) is 92.7 cm³/mol. The van der Waals surface area contributed by atoms with Crippen LogP contribution < -0.4 is 10.5 Å². The van der Waals surface area contributed by atoms with Crippen molar-refractivity contribution in [3.8, 4) is 0 Å². The summed E-state index contributed by atoms with van der Waals surface area (Å²) >= 11 is 8.19. The molecule has 0 aliphatic rings. The average Bonchev–Trinajstić information content (AvgIpc) is 2.41. The first-order chi connectivity index (χ1) is 9.87. The van der Waals surface area contributed by atoms with Gasteiger partial charge in [0, 0.05) is 10.0 Å². The van der Waals surface area contributed by atoms with Gasteiger partial charge in [-0.1, -0.05) is 42.5 Å². The Morgan fingerprint density at radius 3 is 2.43 bits per heavy atom. The van der Waals surface area contributed by atoms with Gasteiger partial charge in [0.05, 0.1) is 11.4 Å². The van der Waals surface area contributed by atoms with Gasteiger partial charge in [-0.25, -0.2) is 8.42 Å². The van der Waals surface area contributed by atoms with Crippen LogP contribution in [-0.2, 0) is 15.8 Å². The van der Waals surface area contributed by atoms with E-state index in [-0.39, 0.29) is 10.7 Å². The van der Waals surface area contributed by atoms with E-state index in [4.69, 9.17) is 18.0 Å². The van der Waals surface area contributed by atoms with Crippen LogP contribution >= 0.6 is 28.1 Å². The summed E-state index contributed by atoms with van der Waals surface area (Å²) in [4.78, 5) is 0.259. The summed E-state index contributed by atoms with van der Waals surface area (Å²) < 4.78 is 27.4. The van der Waals surface area contributed by atoms with Gasteiger partial charge in [0.1, 0.15) is 4.99 Å². The molecule has 0 fully saturated rings. The fourth-order valence-electron chi connectivity index (χ4n) is 1.75. The second kappa shape index (κ2) is 6.55. The Morgan fingerprint density at radius 1 is 1.19 bits per heavy atom. The zero-order valence-electron chi connectivity index (χ0n) is 10.9. The zero-order chi connectivity index (χ0) is 15.5. The molecular formula is C14H13BrN2O2S2. The van der Waals surface area contributed by atoms with Crippen LogP contribution in [-0.4, -0.2) is 13.4 Å². The van der Waals surface area contributed by atoms with Gasteiger partial charge in [0.15, 0.2) is 0 Å². The van der Waals surface area contributed by atoms with Crippen molar-refractivity contribution in [2.45, 2.75) is 5.75 Å². The summed E-state index contributed by atoms with van der Waals surface area (Å²) in [5.41, 5.74) is 7.38. The summed E-state index contributed by atoms with van der Waals surface area (Å²) in [6.45, 7) is 0. The van der Waals surface area contributed by atoms with Crippen molar-refractivity contribution in [2.24, 2.45) is 5.73 Å². The Labute approximate surface area is 137 Å². The van der Waals surface area contributed by atoms with E-state index in [2.05, 4.69) is 20.7 Å². The Balaban J connectivity index is 2.19. The molecule has 0 spiro atoms. The maximum Gasteiger partial charge on any atom is 0.236 e. The summed E-state index contributed by atoms with van der Waals surface area (Å²) in [6.07, 6.45) is 0. The molecule has 0 amide bonds. The quantitative estimate of drug-likeness (QED) is 0.777. The Hall–Kier alpha value is -1.44. The van der Waals surface area contributed by atoms with E-state index in [0.717, 1.165) is 5.56 Å². The van der Waals surface area contributed by atoms with E-state index in [0.29, 0.717) is 15.7 Å². The van der Waals surface area contributed by atoms with Crippen LogP contribution in [0.25, 0.3) is 0 Å². The molecule has 110 valence electrons. The molecule has 2 aromatic carbocycles. The van der Waals surface area contributed by atoms with Crippen molar-refractivity contribution in [3.63, 3.8) is 0 Å². The van der Waals surface area contributed by atoms with Crippen LogP contribution in [0, 0.1) is 0 Å². The van der Waals surface area contributed by atoms with Gasteiger partial charge in [-0.05, 0) is 39.7 Å². The summed E-state index contributed by atoms with van der Waals surface area (Å²) in [6, 6.07) is 14.0. The minimum absolute atomic E-state index is 0.0860. The number of sulfonamides is 1. The molecule has 7 heteroatoms. The Morgan fingerprint density at radius 2 is 1.86 bits per heavy atom. The maximum absolute atomic E-state index is 12.2. The van der Waals surface area contributed by atoms with E-state index < -0.39 is 10.0 Å². The lowest BCUT2D eigenvalue weighted by Crippen LogP contribution is -2.16. The van der Waals surface area contributed by atoms with Crippen LogP contribution in [0.15, 0.2) is 53.0 Å². The molecule has 0 aliphatic carbocycles. The lowest BCUT2D eigenvalue weighted by atomic mass is 10.2. The monoisotopic (exact) mass is 384 g/mol. The van der Waals surface area contributed by atoms with Crippen LogP contribution in [0.2, 0.25) is 0 Å². The van der Waals surface area contributed by atoms with Gasteiger partial charge in [0.25, 0.3) is 0 Å². The molecule has 0 aromatic heterocycles. The van der Waals surface area contributed by atoms with Crippen molar-refractivity contribution in [1.82, 2.24) is 0 Å². The highest BCUT2D eigenvalue weighted by Gasteiger charge is 2.14. The van der Waals surface area contributed by atoms with Crippen molar-refractivity contribution >= 4 is 48.8 Å². The van der Waals surface area contributed by atoms with Crippen LogP contribution in [0.4, 0.5) is 5.69 Å². The number of halogens is 1. The van der Waals surface area contributed by atoms with Crippen molar-refractivity contribution in [3.05, 3.63) is 64.1 Å². The summed E-state index contributed by atoms with van der Waals surface area (Å²) in [5, 5.41) is 0. The molecule has 0 saturated heterocycles. The predicted octanol–water partition coefficient (Wildman–Crippen LogP) is 3.03. The minimum Gasteiger partial charge on any atom is -0.389 e. The zero-order valence-corrected chi connectivity index (χ0v) is 14.1. The third-order valence-electron chi connectivity index (χ3n) is 2.72. The third-order valence-corrected chi connectivity index (χ3v) is 4.85. The smallest absolute Gasteiger partial charge is 0.236 e. The minimum atomic E-state index is -3.49. The molecular weight excluding hydrogens is 372 g/mol. The first kappa shape index (κ1) is 15.9. The van der Waals surface area contributed by atoms with E-state index in [1.807, 2.05) is 6.07 Å². The molecule has 2 rings (SSSR count). The molecule has 4 nitrogen and oxygen atoms in total. The molecule has 21 heavy (non-hydrogen) atoms. The third kappa shape index (κ3) is 4.52. The van der Waals surface area contributed by atoms with Crippen molar-refractivity contribution in [2.75, 3.05) is 4.72 Å². The fraction of sp³-hybridized carbons (Fsp3) is 0.0714. The van der Waals surface area contributed by atoms with Crippen LogP contribution in [0.1, 0.15) is 11.1 Å². The van der Waals surface area contributed by atoms with Gasteiger partial charge in [-0.15, -0.1) is 0 Å². The molecule has 2 aromatic rings. The van der Waals surface area contributed by atoms with Gasteiger partial charge >= 0.3 is 0 Å². The Kier molecular flexibility index (Phi) is 4.97. The molecule has 3 N–H and O–H groups in total. The Bertz CT molecular complexity index is 762. The van der Waals surface area contributed by atoms with Gasteiger partial charge in [-0.2, -0.15) is 0 Å². The fourth-order valence-corrected chi connectivity index (χ4v) is 3.70. The number of benzene rings is 2. The molecule has 0 atom stereocenters. The number of anilines is 1. The number of hydrogen-bond acceptors (Lipinski definition) is 3. The topological polar surface area (TPSA) is 72.2 Å². The second-order valence-electron chi connectivity index (χ2n) is 4.41. The molecule has 0 radical (unpaired) electrons. The second-order valence-corrected chi connectivity index (χ2v) is 7.42.